The summed E-state index contributed by atoms with van der Waals surface area (Å²) in [5.74, 6) is 1.49. The monoisotopic (exact) mass is 374 g/mol. The summed E-state index contributed by atoms with van der Waals surface area (Å²) in [4.78, 5) is 0. The number of hydrazone groups is 1. The van der Waals surface area contributed by atoms with Crippen LogP contribution in [0.25, 0.3) is 0 Å². The molecule has 0 spiro atoms. The zero-order valence-corrected chi connectivity index (χ0v) is 16.3. The minimum absolute atomic E-state index is 0.541. The molecule has 2 aromatic rings. The Balaban J connectivity index is 1.88. The number of anilines is 1. The Morgan fingerprint density at radius 3 is 2.62 bits per heavy atom. The number of ether oxygens (including phenoxy) is 2. The fourth-order valence-electron chi connectivity index (χ4n) is 2.52. The normalized spacial score (nSPS) is 10.9. The second-order valence-corrected chi connectivity index (χ2v) is 6.43. The number of para-hydroxylation sites is 1. The number of hydrogen-bond acceptors (Lipinski definition) is 4. The molecule has 0 saturated heterocycles. The molecule has 1 N–H and O–H groups in total. The zero-order valence-electron chi connectivity index (χ0n) is 15.5. The number of hydrogen-bond donors (Lipinski definition) is 1. The van der Waals surface area contributed by atoms with E-state index in [0.29, 0.717) is 10.8 Å². The van der Waals surface area contributed by atoms with Crippen molar-refractivity contribution in [2.75, 3.05) is 19.1 Å². The van der Waals surface area contributed by atoms with Crippen molar-refractivity contribution in [2.45, 2.75) is 39.0 Å². The minimum Gasteiger partial charge on any atom is -0.495 e. The summed E-state index contributed by atoms with van der Waals surface area (Å²) >= 11 is 6.12. The predicted molar refractivity (Wildman–Crippen MR) is 110 cm³/mol. The Kier molecular flexibility index (Phi) is 8.84. The van der Waals surface area contributed by atoms with Gasteiger partial charge < -0.3 is 9.47 Å². The van der Waals surface area contributed by atoms with Crippen LogP contribution in [0, 0.1) is 0 Å². The number of halogens is 1. The third-order valence-corrected chi connectivity index (χ3v) is 4.27. The lowest BCUT2D eigenvalue weighted by atomic mass is 10.2. The van der Waals surface area contributed by atoms with Gasteiger partial charge in [0, 0.05) is 5.56 Å². The van der Waals surface area contributed by atoms with Gasteiger partial charge in [0.15, 0.2) is 0 Å². The fraction of sp³-hybridized carbons (Fsp3) is 0.381. The maximum absolute atomic E-state index is 6.12. The van der Waals surface area contributed by atoms with Crippen molar-refractivity contribution in [3.63, 3.8) is 0 Å². The zero-order chi connectivity index (χ0) is 18.6. The van der Waals surface area contributed by atoms with Gasteiger partial charge in [-0.1, -0.05) is 56.3 Å². The molecule has 0 fully saturated rings. The quantitative estimate of drug-likeness (QED) is 0.291. The number of nitrogens with one attached hydrogen (secondary N) is 1. The summed E-state index contributed by atoms with van der Waals surface area (Å²) in [6.45, 7) is 2.95. The van der Waals surface area contributed by atoms with Gasteiger partial charge >= 0.3 is 0 Å². The molecular weight excluding hydrogens is 348 g/mol. The molecule has 2 aromatic carbocycles. The molecule has 0 aromatic heterocycles. The van der Waals surface area contributed by atoms with Gasteiger partial charge in [-0.25, -0.2) is 0 Å². The van der Waals surface area contributed by atoms with Gasteiger partial charge in [-0.15, -0.1) is 0 Å². The highest BCUT2D eigenvalue weighted by molar-refractivity contribution is 6.32. The Morgan fingerprint density at radius 2 is 1.85 bits per heavy atom. The van der Waals surface area contributed by atoms with Crippen molar-refractivity contribution in [1.29, 1.82) is 0 Å². The molecule has 0 aliphatic heterocycles. The summed E-state index contributed by atoms with van der Waals surface area (Å²) in [6.07, 6.45) is 7.87. The highest BCUT2D eigenvalue weighted by atomic mass is 35.5. The molecule has 0 radical (unpaired) electrons. The number of unbranched alkanes of at least 4 members (excludes halogenated alkanes) is 4. The van der Waals surface area contributed by atoms with Gasteiger partial charge in [0.1, 0.15) is 11.5 Å². The molecule has 0 unspecified atom stereocenters. The van der Waals surface area contributed by atoms with E-state index in [9.17, 15) is 0 Å². The summed E-state index contributed by atoms with van der Waals surface area (Å²) in [6, 6.07) is 13.3. The molecule has 0 saturated carbocycles. The first-order valence-corrected chi connectivity index (χ1v) is 9.47. The van der Waals surface area contributed by atoms with Gasteiger partial charge in [0.05, 0.1) is 30.6 Å². The van der Waals surface area contributed by atoms with Crippen LogP contribution in [0.4, 0.5) is 5.69 Å². The summed E-state index contributed by atoms with van der Waals surface area (Å²) in [5.41, 5.74) is 4.71. The van der Waals surface area contributed by atoms with Gasteiger partial charge in [0.2, 0.25) is 0 Å². The van der Waals surface area contributed by atoms with Gasteiger partial charge in [0.25, 0.3) is 0 Å². The fourth-order valence-corrected chi connectivity index (χ4v) is 2.78. The molecule has 0 aliphatic carbocycles. The van der Waals surface area contributed by atoms with E-state index in [1.165, 1.54) is 25.7 Å². The summed E-state index contributed by atoms with van der Waals surface area (Å²) in [5, 5.41) is 4.82. The maximum Gasteiger partial charge on any atom is 0.137 e. The van der Waals surface area contributed by atoms with Gasteiger partial charge in [-0.05, 0) is 36.8 Å². The van der Waals surface area contributed by atoms with Crippen LogP contribution in [0.5, 0.6) is 11.5 Å². The Labute approximate surface area is 161 Å². The first kappa shape index (κ1) is 20.1. The Morgan fingerprint density at radius 1 is 1.04 bits per heavy atom. The lowest BCUT2D eigenvalue weighted by Crippen LogP contribution is -2.00. The van der Waals surface area contributed by atoms with Crippen molar-refractivity contribution >= 4 is 23.5 Å². The third kappa shape index (κ3) is 6.60. The van der Waals surface area contributed by atoms with Crippen LogP contribution in [0.2, 0.25) is 5.02 Å². The van der Waals surface area contributed by atoms with E-state index in [2.05, 4.69) is 17.5 Å². The molecule has 0 amide bonds. The highest BCUT2D eigenvalue weighted by Crippen LogP contribution is 2.27. The van der Waals surface area contributed by atoms with E-state index < -0.39 is 0 Å². The smallest absolute Gasteiger partial charge is 0.137 e. The lowest BCUT2D eigenvalue weighted by Gasteiger charge is -2.09. The summed E-state index contributed by atoms with van der Waals surface area (Å²) < 4.78 is 11.1. The molecule has 0 aliphatic rings. The number of nitrogens with zero attached hydrogens (tertiary/aromatic N) is 1. The van der Waals surface area contributed by atoms with Crippen molar-refractivity contribution in [3.05, 3.63) is 53.1 Å². The molecule has 0 atom stereocenters. The predicted octanol–water partition coefficient (Wildman–Crippen LogP) is 6.14. The number of methoxy groups -OCH3 is 1. The van der Waals surface area contributed by atoms with E-state index in [4.69, 9.17) is 21.1 Å². The lowest BCUT2D eigenvalue weighted by molar-refractivity contribution is 0.304. The van der Waals surface area contributed by atoms with Crippen LogP contribution in [0.1, 0.15) is 44.6 Å². The standard InChI is InChI=1S/C21H27ClN2O2/c1-3-4-5-6-9-14-26-20-11-8-7-10-17(20)16-23-24-18-12-13-21(25-2)19(22)15-18/h7-8,10-13,15-16,24H,3-6,9,14H2,1-2H3/b23-16+. The van der Waals surface area contributed by atoms with Crippen LogP contribution in [-0.2, 0) is 0 Å². The first-order chi connectivity index (χ1) is 12.7. The van der Waals surface area contributed by atoms with E-state index >= 15 is 0 Å². The average molecular weight is 375 g/mol. The van der Waals surface area contributed by atoms with Gasteiger partial charge in [-0.3, -0.25) is 5.43 Å². The second kappa shape index (κ2) is 11.4. The third-order valence-electron chi connectivity index (χ3n) is 3.97. The molecule has 0 heterocycles. The van der Waals surface area contributed by atoms with Crippen LogP contribution in [-0.4, -0.2) is 19.9 Å². The number of rotatable bonds is 11. The molecule has 140 valence electrons. The van der Waals surface area contributed by atoms with Crippen molar-refractivity contribution in [2.24, 2.45) is 5.10 Å². The van der Waals surface area contributed by atoms with E-state index in [1.807, 2.05) is 30.3 Å². The minimum atomic E-state index is 0.541. The van der Waals surface area contributed by atoms with E-state index in [0.717, 1.165) is 30.0 Å². The van der Waals surface area contributed by atoms with Crippen molar-refractivity contribution in [3.8, 4) is 11.5 Å². The Hall–Kier alpha value is -2.20. The second-order valence-electron chi connectivity index (χ2n) is 6.02. The van der Waals surface area contributed by atoms with Crippen LogP contribution in [0.15, 0.2) is 47.6 Å². The summed E-state index contributed by atoms with van der Waals surface area (Å²) in [7, 11) is 1.59. The molecular formula is C21H27ClN2O2. The highest BCUT2D eigenvalue weighted by Gasteiger charge is 2.02. The Bertz CT molecular complexity index is 704. The first-order valence-electron chi connectivity index (χ1n) is 9.09. The molecule has 26 heavy (non-hydrogen) atoms. The number of benzene rings is 2. The van der Waals surface area contributed by atoms with E-state index in [-0.39, 0.29) is 0 Å². The van der Waals surface area contributed by atoms with Crippen molar-refractivity contribution < 1.29 is 9.47 Å². The molecule has 4 nitrogen and oxygen atoms in total. The molecule has 0 bridgehead atoms. The molecule has 5 heteroatoms. The SMILES string of the molecule is CCCCCCCOc1ccccc1/C=N/Nc1ccc(OC)c(Cl)c1. The molecule has 2 rings (SSSR count). The average Bonchev–Trinajstić information content (AvgIpc) is 2.66. The van der Waals surface area contributed by atoms with Crippen LogP contribution in [0.3, 0.4) is 0 Å². The topological polar surface area (TPSA) is 42.8 Å². The van der Waals surface area contributed by atoms with E-state index in [1.54, 1.807) is 25.5 Å². The van der Waals surface area contributed by atoms with Crippen molar-refractivity contribution in [1.82, 2.24) is 0 Å². The van der Waals surface area contributed by atoms with Crippen LogP contribution >= 0.6 is 11.6 Å². The maximum atomic E-state index is 6.12. The van der Waals surface area contributed by atoms with Crippen LogP contribution < -0.4 is 14.9 Å². The largest absolute Gasteiger partial charge is 0.495 e. The van der Waals surface area contributed by atoms with Gasteiger partial charge in [-0.2, -0.15) is 5.10 Å².